The van der Waals surface area contributed by atoms with Gasteiger partial charge in [-0.15, -0.1) is 0 Å². The summed E-state index contributed by atoms with van der Waals surface area (Å²) in [6.45, 7) is 9.03. The van der Waals surface area contributed by atoms with Crippen molar-refractivity contribution >= 4 is 28.8 Å². The van der Waals surface area contributed by atoms with E-state index in [1.165, 1.54) is 17.7 Å². The molecule has 2 N–H and O–H groups in total. The molecule has 6 rings (SSSR count). The van der Waals surface area contributed by atoms with Crippen LogP contribution in [-0.2, 0) is 4.79 Å². The minimum atomic E-state index is -0.928. The van der Waals surface area contributed by atoms with Crippen molar-refractivity contribution in [2.45, 2.75) is 58.5 Å². The molecule has 1 unspecified atom stereocenters. The first-order valence-electron chi connectivity index (χ1n) is 14.1. The highest BCUT2D eigenvalue weighted by atomic mass is 19.1. The number of carbonyl (C=O) groups excluding carboxylic acids is 2. The van der Waals surface area contributed by atoms with E-state index in [9.17, 15) is 14.0 Å². The van der Waals surface area contributed by atoms with Gasteiger partial charge < -0.3 is 15.4 Å². The topological polar surface area (TPSA) is 97.6 Å². The molecule has 9 heteroatoms. The first kappa shape index (κ1) is 26.9. The lowest BCUT2D eigenvalue weighted by molar-refractivity contribution is -0.119. The minimum Gasteiger partial charge on any atom is -0.493 e. The maximum atomic E-state index is 14.1. The third-order valence-corrected chi connectivity index (χ3v) is 8.46. The van der Waals surface area contributed by atoms with Gasteiger partial charge >= 0.3 is 0 Å². The Morgan fingerprint density at radius 3 is 2.51 bits per heavy atom. The predicted octanol–water partition coefficient (Wildman–Crippen LogP) is 5.54. The van der Waals surface area contributed by atoms with Gasteiger partial charge in [-0.25, -0.2) is 4.39 Å². The Morgan fingerprint density at radius 2 is 1.85 bits per heavy atom. The molecule has 2 aromatic carbocycles. The molecule has 0 radical (unpaired) electrons. The average Bonchev–Trinajstić information content (AvgIpc) is 3.37. The summed E-state index contributed by atoms with van der Waals surface area (Å²) in [5, 5.41) is 10.4. The zero-order valence-corrected chi connectivity index (χ0v) is 23.7. The summed E-state index contributed by atoms with van der Waals surface area (Å²) >= 11 is 0. The van der Waals surface area contributed by atoms with Gasteiger partial charge in [-0.1, -0.05) is 18.2 Å². The Labute approximate surface area is 238 Å². The van der Waals surface area contributed by atoms with Gasteiger partial charge in [0.2, 0.25) is 5.91 Å². The van der Waals surface area contributed by atoms with E-state index in [-0.39, 0.29) is 17.4 Å². The zero-order chi connectivity index (χ0) is 28.9. The average molecular weight is 556 g/mol. The fourth-order valence-corrected chi connectivity index (χ4v) is 6.20. The molecule has 1 spiro atoms. The molecule has 1 fully saturated rings. The van der Waals surface area contributed by atoms with Crippen LogP contribution in [0.1, 0.15) is 74.1 Å². The van der Waals surface area contributed by atoms with Crippen LogP contribution in [0.4, 0.5) is 10.1 Å². The molecular formula is C32H34FN5O3. The highest BCUT2D eigenvalue weighted by Gasteiger charge is 2.58. The van der Waals surface area contributed by atoms with Crippen LogP contribution < -0.4 is 15.4 Å². The van der Waals surface area contributed by atoms with Gasteiger partial charge in [-0.05, 0) is 75.9 Å². The monoisotopic (exact) mass is 555 g/mol. The van der Waals surface area contributed by atoms with Crippen LogP contribution in [0.3, 0.4) is 0 Å². The number of hydrogen-bond donors (Lipinski definition) is 2. The van der Waals surface area contributed by atoms with Crippen LogP contribution in [0.5, 0.6) is 5.75 Å². The Hall–Kier alpha value is -4.27. The number of carbonyl (C=O) groups is 2. The Kier molecular flexibility index (Phi) is 6.76. The van der Waals surface area contributed by atoms with Crippen molar-refractivity contribution in [3.63, 3.8) is 0 Å². The summed E-state index contributed by atoms with van der Waals surface area (Å²) in [4.78, 5) is 32.2. The summed E-state index contributed by atoms with van der Waals surface area (Å²) in [5.41, 5.74) is 5.80. The van der Waals surface area contributed by atoms with Crippen LogP contribution in [0.25, 0.3) is 5.57 Å². The number of aliphatic imine (C=N–C) groups is 1. The molecule has 0 saturated heterocycles. The SMILES string of the molecule is CC1=NCC(C)=C1c1ccc(NC(=O)[C@@H](NC(=O)c2ccnn2C(C)C)C2c3ccc(F)cc3OCC23CC3)cc1. The van der Waals surface area contributed by atoms with Gasteiger partial charge in [0.1, 0.15) is 23.3 Å². The van der Waals surface area contributed by atoms with Crippen molar-refractivity contribution < 1.29 is 18.7 Å². The summed E-state index contributed by atoms with van der Waals surface area (Å²) in [6, 6.07) is 12.8. The van der Waals surface area contributed by atoms with E-state index >= 15 is 0 Å². The fourth-order valence-electron chi connectivity index (χ4n) is 6.20. The maximum absolute atomic E-state index is 14.1. The molecule has 1 saturated carbocycles. The number of nitrogens with one attached hydrogen (secondary N) is 2. The molecule has 1 aromatic heterocycles. The molecule has 2 aliphatic heterocycles. The largest absolute Gasteiger partial charge is 0.493 e. The lowest BCUT2D eigenvalue weighted by atomic mass is 9.76. The number of aromatic nitrogens is 2. The van der Waals surface area contributed by atoms with E-state index in [4.69, 9.17) is 4.74 Å². The van der Waals surface area contributed by atoms with Crippen LogP contribution >= 0.6 is 0 Å². The number of nitrogens with zero attached hydrogens (tertiary/aromatic N) is 3. The molecule has 1 aliphatic carbocycles. The second kappa shape index (κ2) is 10.3. The van der Waals surface area contributed by atoms with Gasteiger partial charge in [0.05, 0.1) is 13.2 Å². The number of hydrogen-bond acceptors (Lipinski definition) is 5. The normalized spacial score (nSPS) is 19.5. The molecule has 41 heavy (non-hydrogen) atoms. The zero-order valence-electron chi connectivity index (χ0n) is 23.7. The van der Waals surface area contributed by atoms with Crippen LogP contribution in [-0.4, -0.2) is 46.5 Å². The third-order valence-electron chi connectivity index (χ3n) is 8.46. The number of ether oxygens (including phenoxy) is 1. The van der Waals surface area contributed by atoms with E-state index in [1.807, 2.05) is 45.0 Å². The maximum Gasteiger partial charge on any atom is 0.270 e. The van der Waals surface area contributed by atoms with Crippen LogP contribution in [0.2, 0.25) is 0 Å². The summed E-state index contributed by atoms with van der Waals surface area (Å²) in [6.07, 6.45) is 3.28. The molecule has 3 aliphatic rings. The Bertz CT molecular complexity index is 1580. The lowest BCUT2D eigenvalue weighted by Gasteiger charge is -2.38. The van der Waals surface area contributed by atoms with Crippen molar-refractivity contribution in [1.29, 1.82) is 0 Å². The molecule has 3 heterocycles. The third kappa shape index (κ3) is 4.94. The number of amides is 2. The second-order valence-corrected chi connectivity index (χ2v) is 11.6. The van der Waals surface area contributed by atoms with E-state index in [1.54, 1.807) is 23.0 Å². The number of allylic oxidation sites excluding steroid dienone is 1. The van der Waals surface area contributed by atoms with Gasteiger partial charge in [0.25, 0.3) is 5.91 Å². The van der Waals surface area contributed by atoms with E-state index in [0.717, 1.165) is 35.3 Å². The molecule has 0 bridgehead atoms. The smallest absolute Gasteiger partial charge is 0.270 e. The van der Waals surface area contributed by atoms with Crippen molar-refractivity contribution in [2.24, 2.45) is 10.4 Å². The number of fused-ring (bicyclic) bond motifs is 1. The van der Waals surface area contributed by atoms with Gasteiger partial charge in [0, 0.05) is 52.2 Å². The van der Waals surface area contributed by atoms with E-state index < -0.39 is 23.7 Å². The minimum absolute atomic E-state index is 0.0367. The lowest BCUT2D eigenvalue weighted by Crippen LogP contribution is -2.52. The summed E-state index contributed by atoms with van der Waals surface area (Å²) < 4.78 is 21.7. The number of anilines is 1. The standard InChI is InChI=1S/C32H34FN5O3/c1-18(2)38-25(11-14-35-38)30(39)37-29(28-24-10-7-22(33)15-26(24)41-17-32(28)12-13-32)31(40)36-23-8-5-21(6-9-23)27-19(3)16-34-20(27)4/h5-11,14-15,18,28-29H,12-13,16-17H2,1-4H3,(H,36,40)(H,37,39)/t28?,29-/m0/s1. The molecule has 2 atom stereocenters. The van der Waals surface area contributed by atoms with Gasteiger partial charge in [-0.2, -0.15) is 5.10 Å². The number of benzene rings is 2. The van der Waals surface area contributed by atoms with Crippen LogP contribution in [0, 0.1) is 11.2 Å². The van der Waals surface area contributed by atoms with E-state index in [0.29, 0.717) is 30.3 Å². The Balaban J connectivity index is 1.33. The van der Waals surface area contributed by atoms with Crippen molar-refractivity contribution in [1.82, 2.24) is 15.1 Å². The summed E-state index contributed by atoms with van der Waals surface area (Å²) in [7, 11) is 0. The molecule has 3 aromatic rings. The van der Waals surface area contributed by atoms with Gasteiger partial charge in [-0.3, -0.25) is 19.3 Å². The molecule has 212 valence electrons. The van der Waals surface area contributed by atoms with Gasteiger partial charge in [0.15, 0.2) is 0 Å². The molecule has 8 nitrogen and oxygen atoms in total. The van der Waals surface area contributed by atoms with E-state index in [2.05, 4.69) is 27.6 Å². The second-order valence-electron chi connectivity index (χ2n) is 11.6. The first-order chi connectivity index (χ1) is 19.7. The van der Waals surface area contributed by atoms with Crippen molar-refractivity contribution in [3.8, 4) is 5.75 Å². The molecular weight excluding hydrogens is 521 g/mol. The quantitative estimate of drug-likeness (QED) is 0.400. The fraction of sp³-hybridized carbons (Fsp3) is 0.375. The summed E-state index contributed by atoms with van der Waals surface area (Å²) in [5.74, 6) is -1.13. The van der Waals surface area contributed by atoms with Crippen molar-refractivity contribution in [3.05, 3.63) is 82.9 Å². The van der Waals surface area contributed by atoms with Crippen LogP contribution in [0.15, 0.2) is 65.3 Å². The van der Waals surface area contributed by atoms with Crippen molar-refractivity contribution in [2.75, 3.05) is 18.5 Å². The Morgan fingerprint density at radius 1 is 1.10 bits per heavy atom. The number of halogens is 1. The first-order valence-corrected chi connectivity index (χ1v) is 14.1. The highest BCUT2D eigenvalue weighted by Crippen LogP contribution is 2.61. The molecule has 2 amide bonds. The number of rotatable bonds is 7. The highest BCUT2D eigenvalue weighted by molar-refractivity contribution is 6.25. The predicted molar refractivity (Wildman–Crippen MR) is 156 cm³/mol.